The average Bonchev–Trinajstić information content (AvgIpc) is 2.64. The highest BCUT2D eigenvalue weighted by Gasteiger charge is 2.35. The number of likely N-dealkylation sites (tertiary alicyclic amines) is 2. The summed E-state index contributed by atoms with van der Waals surface area (Å²) in [5.41, 5.74) is 0. The van der Waals surface area contributed by atoms with E-state index in [1.165, 1.54) is 30.7 Å². The molecule has 5 heteroatoms. The molecule has 5 nitrogen and oxygen atoms in total. The summed E-state index contributed by atoms with van der Waals surface area (Å²) in [6.07, 6.45) is 5.30. The van der Waals surface area contributed by atoms with Gasteiger partial charge in [-0.2, -0.15) is 0 Å². The van der Waals surface area contributed by atoms with E-state index in [0.29, 0.717) is 12.5 Å². The number of rotatable bonds is 5. The van der Waals surface area contributed by atoms with E-state index in [9.17, 15) is 9.59 Å². The van der Waals surface area contributed by atoms with Gasteiger partial charge in [-0.1, -0.05) is 6.42 Å². The van der Waals surface area contributed by atoms with Gasteiger partial charge in [0.25, 0.3) is 0 Å². The van der Waals surface area contributed by atoms with Gasteiger partial charge in [-0.3, -0.25) is 14.5 Å². The summed E-state index contributed by atoms with van der Waals surface area (Å²) in [4.78, 5) is 26.8. The minimum atomic E-state index is -0.295. The van der Waals surface area contributed by atoms with E-state index >= 15 is 0 Å². The van der Waals surface area contributed by atoms with E-state index in [1.54, 1.807) is 7.05 Å². The van der Waals surface area contributed by atoms with E-state index in [4.69, 9.17) is 0 Å². The second-order valence-electron chi connectivity index (χ2n) is 5.74. The van der Waals surface area contributed by atoms with Gasteiger partial charge in [0.05, 0.1) is 12.5 Å². The number of amides is 2. The fourth-order valence-electron chi connectivity index (χ4n) is 2.96. The Balaban J connectivity index is 1.64. The van der Waals surface area contributed by atoms with Gasteiger partial charge >= 0.3 is 0 Å². The Morgan fingerprint density at radius 2 is 2.11 bits per heavy atom. The van der Waals surface area contributed by atoms with Gasteiger partial charge in [0.15, 0.2) is 0 Å². The molecule has 2 aliphatic rings. The van der Waals surface area contributed by atoms with E-state index in [1.807, 2.05) is 0 Å². The first-order chi connectivity index (χ1) is 9.09. The van der Waals surface area contributed by atoms with Crippen LogP contribution in [-0.4, -0.2) is 60.4 Å². The molecule has 2 rings (SSSR count). The highest BCUT2D eigenvalue weighted by atomic mass is 16.2. The summed E-state index contributed by atoms with van der Waals surface area (Å²) < 4.78 is 0. The van der Waals surface area contributed by atoms with Crippen LogP contribution in [0.2, 0.25) is 0 Å². The predicted molar refractivity (Wildman–Crippen MR) is 73.7 cm³/mol. The third kappa shape index (κ3) is 3.54. The molecule has 0 aromatic carbocycles. The molecule has 0 aliphatic carbocycles. The van der Waals surface area contributed by atoms with E-state index in [2.05, 4.69) is 17.1 Å². The number of likely N-dealkylation sites (N-methyl/N-ethyl adjacent to an activating group) is 1. The van der Waals surface area contributed by atoms with E-state index in [0.717, 1.165) is 19.5 Å². The zero-order valence-electron chi connectivity index (χ0n) is 12.0. The van der Waals surface area contributed by atoms with Gasteiger partial charge in [0.1, 0.15) is 0 Å². The lowest BCUT2D eigenvalue weighted by atomic mass is 10.0. The van der Waals surface area contributed by atoms with Crippen LogP contribution in [0.25, 0.3) is 0 Å². The standard InChI is InChI=1S/C14H25N3O2/c1-11-6-3-4-8-17(11)9-5-7-15-12-10-13(18)16(2)14(12)19/h11-12,15H,3-10H2,1-2H3. The van der Waals surface area contributed by atoms with Crippen molar-refractivity contribution in [1.82, 2.24) is 15.1 Å². The van der Waals surface area contributed by atoms with Crippen LogP contribution in [0.15, 0.2) is 0 Å². The summed E-state index contributed by atoms with van der Waals surface area (Å²) in [5, 5.41) is 3.21. The molecule has 2 aliphatic heterocycles. The van der Waals surface area contributed by atoms with Crippen LogP contribution in [0.5, 0.6) is 0 Å². The summed E-state index contributed by atoms with van der Waals surface area (Å²) in [6, 6.07) is 0.394. The SMILES string of the molecule is CC1CCCCN1CCCNC1CC(=O)N(C)C1=O. The number of carbonyl (C=O) groups is 2. The Bertz CT molecular complexity index is 346. The summed E-state index contributed by atoms with van der Waals surface area (Å²) in [5.74, 6) is -0.163. The second kappa shape index (κ2) is 6.48. The highest BCUT2D eigenvalue weighted by Crippen LogP contribution is 2.16. The maximum absolute atomic E-state index is 11.7. The molecule has 2 heterocycles. The first-order valence-electron chi connectivity index (χ1n) is 7.37. The molecule has 2 amide bonds. The lowest BCUT2D eigenvalue weighted by molar-refractivity contribution is -0.137. The quantitative estimate of drug-likeness (QED) is 0.585. The summed E-state index contributed by atoms with van der Waals surface area (Å²) in [7, 11) is 1.56. The minimum Gasteiger partial charge on any atom is -0.305 e. The van der Waals surface area contributed by atoms with Gasteiger partial charge in [0, 0.05) is 13.1 Å². The Labute approximate surface area is 115 Å². The molecular weight excluding hydrogens is 242 g/mol. The zero-order valence-corrected chi connectivity index (χ0v) is 12.0. The number of carbonyl (C=O) groups excluding carboxylic acids is 2. The first-order valence-corrected chi connectivity index (χ1v) is 7.37. The molecule has 0 aromatic rings. The number of nitrogens with one attached hydrogen (secondary N) is 1. The van der Waals surface area contributed by atoms with Crippen molar-refractivity contribution in [3.63, 3.8) is 0 Å². The maximum atomic E-state index is 11.7. The molecule has 108 valence electrons. The van der Waals surface area contributed by atoms with Crippen LogP contribution in [0, 0.1) is 0 Å². The first kappa shape index (κ1) is 14.5. The molecule has 0 aromatic heterocycles. The largest absolute Gasteiger partial charge is 0.305 e. The molecular formula is C14H25N3O2. The third-order valence-electron chi connectivity index (χ3n) is 4.33. The molecule has 2 atom stereocenters. The molecule has 19 heavy (non-hydrogen) atoms. The Morgan fingerprint density at radius 1 is 1.32 bits per heavy atom. The average molecular weight is 267 g/mol. The monoisotopic (exact) mass is 267 g/mol. The van der Waals surface area contributed by atoms with Crippen molar-refractivity contribution in [3.8, 4) is 0 Å². The molecule has 2 unspecified atom stereocenters. The number of piperidine rings is 1. The van der Waals surface area contributed by atoms with Crippen LogP contribution in [-0.2, 0) is 9.59 Å². The third-order valence-corrected chi connectivity index (χ3v) is 4.33. The molecule has 1 N–H and O–H groups in total. The van der Waals surface area contributed by atoms with E-state index < -0.39 is 0 Å². The van der Waals surface area contributed by atoms with Crippen molar-refractivity contribution in [2.45, 2.75) is 51.1 Å². The fourth-order valence-corrected chi connectivity index (χ4v) is 2.96. The van der Waals surface area contributed by atoms with Gasteiger partial charge in [-0.25, -0.2) is 0 Å². The lowest BCUT2D eigenvalue weighted by Crippen LogP contribution is -2.41. The summed E-state index contributed by atoms with van der Waals surface area (Å²) >= 11 is 0. The lowest BCUT2D eigenvalue weighted by Gasteiger charge is -2.33. The van der Waals surface area contributed by atoms with Crippen molar-refractivity contribution in [2.75, 3.05) is 26.7 Å². The fraction of sp³-hybridized carbons (Fsp3) is 0.857. The zero-order chi connectivity index (χ0) is 13.8. The van der Waals surface area contributed by atoms with Gasteiger partial charge in [0.2, 0.25) is 11.8 Å². The Hall–Kier alpha value is -0.940. The topological polar surface area (TPSA) is 52.7 Å². The van der Waals surface area contributed by atoms with Crippen LogP contribution >= 0.6 is 0 Å². The number of imide groups is 1. The molecule has 0 bridgehead atoms. The molecule has 2 fully saturated rings. The van der Waals surface area contributed by atoms with Gasteiger partial charge < -0.3 is 10.2 Å². The van der Waals surface area contributed by atoms with Crippen LogP contribution in [0.1, 0.15) is 39.0 Å². The number of nitrogens with zero attached hydrogens (tertiary/aromatic N) is 2. The Morgan fingerprint density at radius 3 is 2.74 bits per heavy atom. The normalized spacial score (nSPS) is 29.3. The molecule has 0 saturated carbocycles. The maximum Gasteiger partial charge on any atom is 0.246 e. The molecule has 0 radical (unpaired) electrons. The van der Waals surface area contributed by atoms with Crippen molar-refractivity contribution in [3.05, 3.63) is 0 Å². The van der Waals surface area contributed by atoms with Crippen LogP contribution in [0.3, 0.4) is 0 Å². The number of hydrogen-bond donors (Lipinski definition) is 1. The molecule has 0 spiro atoms. The summed E-state index contributed by atoms with van der Waals surface area (Å²) in [6.45, 7) is 5.38. The van der Waals surface area contributed by atoms with Gasteiger partial charge in [-0.05, 0) is 45.8 Å². The smallest absolute Gasteiger partial charge is 0.246 e. The number of hydrogen-bond acceptors (Lipinski definition) is 4. The minimum absolute atomic E-state index is 0.0767. The van der Waals surface area contributed by atoms with Crippen LogP contribution < -0.4 is 5.32 Å². The van der Waals surface area contributed by atoms with Crippen molar-refractivity contribution in [2.24, 2.45) is 0 Å². The van der Waals surface area contributed by atoms with E-state index in [-0.39, 0.29) is 17.9 Å². The van der Waals surface area contributed by atoms with Gasteiger partial charge in [-0.15, -0.1) is 0 Å². The molecule has 2 saturated heterocycles. The Kier molecular flexibility index (Phi) is 4.93. The van der Waals surface area contributed by atoms with Crippen molar-refractivity contribution in [1.29, 1.82) is 0 Å². The van der Waals surface area contributed by atoms with Crippen molar-refractivity contribution < 1.29 is 9.59 Å². The second-order valence-corrected chi connectivity index (χ2v) is 5.74. The predicted octanol–water partition coefficient (Wildman–Crippen LogP) is 0.598. The highest BCUT2D eigenvalue weighted by molar-refractivity contribution is 6.05. The van der Waals surface area contributed by atoms with Crippen LogP contribution in [0.4, 0.5) is 0 Å². The van der Waals surface area contributed by atoms with Crippen molar-refractivity contribution >= 4 is 11.8 Å².